The predicted octanol–water partition coefficient (Wildman–Crippen LogP) is 3.78. The third-order valence-corrected chi connectivity index (χ3v) is 4.45. The molecule has 0 unspecified atom stereocenters. The third-order valence-electron chi connectivity index (χ3n) is 4.45. The van der Waals surface area contributed by atoms with E-state index in [9.17, 15) is 4.79 Å². The molecule has 0 radical (unpaired) electrons. The summed E-state index contributed by atoms with van der Waals surface area (Å²) in [6.45, 7) is 9.88. The number of amides is 1. The average molecular weight is 340 g/mol. The summed E-state index contributed by atoms with van der Waals surface area (Å²) in [6.07, 6.45) is 0. The predicted molar refractivity (Wildman–Crippen MR) is 102 cm³/mol. The van der Waals surface area contributed by atoms with Gasteiger partial charge in [-0.05, 0) is 48.8 Å². The molecule has 0 aromatic heterocycles. The zero-order valence-electron chi connectivity index (χ0n) is 15.6. The van der Waals surface area contributed by atoms with Crippen LogP contribution in [-0.4, -0.2) is 31.0 Å². The minimum absolute atomic E-state index is 0.0921. The second-order valence-electron chi connectivity index (χ2n) is 6.14. The first kappa shape index (κ1) is 19.0. The van der Waals surface area contributed by atoms with Crippen molar-refractivity contribution in [2.24, 2.45) is 0 Å². The van der Waals surface area contributed by atoms with Crippen LogP contribution in [0.3, 0.4) is 0 Å². The van der Waals surface area contributed by atoms with Crippen LogP contribution in [0.25, 0.3) is 0 Å². The first-order valence-electron chi connectivity index (χ1n) is 8.80. The van der Waals surface area contributed by atoms with E-state index in [0.717, 1.165) is 36.5 Å². The molecule has 4 heteroatoms. The van der Waals surface area contributed by atoms with Gasteiger partial charge in [-0.15, -0.1) is 0 Å². The zero-order valence-corrected chi connectivity index (χ0v) is 15.6. The minimum Gasteiger partial charge on any atom is -0.496 e. The Balaban J connectivity index is 1.93. The van der Waals surface area contributed by atoms with Gasteiger partial charge in [0.25, 0.3) is 5.91 Å². The van der Waals surface area contributed by atoms with Gasteiger partial charge in [0.1, 0.15) is 5.75 Å². The Morgan fingerprint density at radius 2 is 1.68 bits per heavy atom. The number of hydrogen-bond acceptors (Lipinski definition) is 3. The number of rotatable bonds is 8. The molecule has 0 saturated carbocycles. The zero-order chi connectivity index (χ0) is 18.2. The Morgan fingerprint density at radius 3 is 2.28 bits per heavy atom. The highest BCUT2D eigenvalue weighted by atomic mass is 16.5. The van der Waals surface area contributed by atoms with Crippen LogP contribution in [0.15, 0.2) is 42.5 Å². The largest absolute Gasteiger partial charge is 0.496 e. The standard InChI is InChI=1S/C21H28N2O2/c1-5-23(6-2)15-18-10-8-17(9-11-18)14-22-21(24)19-12-7-16(3)20(13-19)25-4/h7-13H,5-6,14-15H2,1-4H3,(H,22,24). The van der Waals surface area contributed by atoms with Gasteiger partial charge in [-0.25, -0.2) is 0 Å². The molecular formula is C21H28N2O2. The number of methoxy groups -OCH3 is 1. The number of ether oxygens (including phenoxy) is 1. The van der Waals surface area contributed by atoms with Crippen molar-refractivity contribution in [3.63, 3.8) is 0 Å². The number of benzene rings is 2. The van der Waals surface area contributed by atoms with Crippen molar-refractivity contribution in [1.82, 2.24) is 10.2 Å². The lowest BCUT2D eigenvalue weighted by atomic mass is 10.1. The lowest BCUT2D eigenvalue weighted by Gasteiger charge is -2.18. The maximum atomic E-state index is 12.3. The van der Waals surface area contributed by atoms with Crippen LogP contribution in [0.2, 0.25) is 0 Å². The van der Waals surface area contributed by atoms with Gasteiger partial charge in [0.05, 0.1) is 7.11 Å². The molecule has 2 aromatic carbocycles. The molecule has 0 heterocycles. The summed E-state index contributed by atoms with van der Waals surface area (Å²) in [5.74, 6) is 0.638. The maximum Gasteiger partial charge on any atom is 0.251 e. The van der Waals surface area contributed by atoms with Gasteiger partial charge in [0.2, 0.25) is 0 Å². The molecular weight excluding hydrogens is 312 g/mol. The van der Waals surface area contributed by atoms with Gasteiger partial charge in [0.15, 0.2) is 0 Å². The first-order valence-corrected chi connectivity index (χ1v) is 8.80. The van der Waals surface area contributed by atoms with E-state index in [1.54, 1.807) is 13.2 Å². The molecule has 0 spiro atoms. The van der Waals surface area contributed by atoms with Crippen molar-refractivity contribution in [2.45, 2.75) is 33.9 Å². The SMILES string of the molecule is CCN(CC)Cc1ccc(CNC(=O)c2ccc(C)c(OC)c2)cc1. The monoisotopic (exact) mass is 340 g/mol. The lowest BCUT2D eigenvalue weighted by molar-refractivity contribution is 0.0950. The van der Waals surface area contributed by atoms with E-state index in [0.29, 0.717) is 12.1 Å². The van der Waals surface area contributed by atoms with Gasteiger partial charge in [-0.3, -0.25) is 9.69 Å². The van der Waals surface area contributed by atoms with Crippen molar-refractivity contribution >= 4 is 5.91 Å². The molecule has 0 fully saturated rings. The van der Waals surface area contributed by atoms with Crippen LogP contribution >= 0.6 is 0 Å². The second-order valence-corrected chi connectivity index (χ2v) is 6.14. The normalized spacial score (nSPS) is 10.8. The molecule has 2 aromatic rings. The van der Waals surface area contributed by atoms with E-state index in [-0.39, 0.29) is 5.91 Å². The van der Waals surface area contributed by atoms with Crippen LogP contribution in [-0.2, 0) is 13.1 Å². The molecule has 0 aliphatic carbocycles. The molecule has 25 heavy (non-hydrogen) atoms. The second kappa shape index (κ2) is 9.23. The Hall–Kier alpha value is -2.33. The van der Waals surface area contributed by atoms with Crippen molar-refractivity contribution in [3.05, 3.63) is 64.7 Å². The average Bonchev–Trinajstić information content (AvgIpc) is 2.65. The van der Waals surface area contributed by atoms with Crippen molar-refractivity contribution in [3.8, 4) is 5.75 Å². The number of carbonyl (C=O) groups is 1. The van der Waals surface area contributed by atoms with Crippen molar-refractivity contribution in [2.75, 3.05) is 20.2 Å². The lowest BCUT2D eigenvalue weighted by Crippen LogP contribution is -2.23. The molecule has 134 valence electrons. The van der Waals surface area contributed by atoms with E-state index in [1.807, 2.05) is 19.1 Å². The van der Waals surface area contributed by atoms with Crippen LogP contribution in [0.5, 0.6) is 5.75 Å². The summed E-state index contributed by atoms with van der Waals surface area (Å²) < 4.78 is 5.28. The number of carbonyl (C=O) groups excluding carboxylic acids is 1. The summed E-state index contributed by atoms with van der Waals surface area (Å²) in [6, 6.07) is 13.9. The summed E-state index contributed by atoms with van der Waals surface area (Å²) >= 11 is 0. The Labute approximate surface area is 150 Å². The summed E-state index contributed by atoms with van der Waals surface area (Å²) in [4.78, 5) is 14.7. The molecule has 0 aliphatic heterocycles. The smallest absolute Gasteiger partial charge is 0.251 e. The highest BCUT2D eigenvalue weighted by Gasteiger charge is 2.08. The number of nitrogens with one attached hydrogen (secondary N) is 1. The number of hydrogen-bond donors (Lipinski definition) is 1. The van der Waals surface area contributed by atoms with Crippen LogP contribution < -0.4 is 10.1 Å². The number of nitrogens with zero attached hydrogens (tertiary/aromatic N) is 1. The van der Waals surface area contributed by atoms with Gasteiger partial charge in [-0.1, -0.05) is 44.2 Å². The van der Waals surface area contributed by atoms with E-state index in [4.69, 9.17) is 4.74 Å². The van der Waals surface area contributed by atoms with Crippen molar-refractivity contribution < 1.29 is 9.53 Å². The third kappa shape index (κ3) is 5.33. The molecule has 4 nitrogen and oxygen atoms in total. The number of aryl methyl sites for hydroxylation is 1. The van der Waals surface area contributed by atoms with Gasteiger partial charge < -0.3 is 10.1 Å². The molecule has 0 atom stereocenters. The topological polar surface area (TPSA) is 41.6 Å². The van der Waals surface area contributed by atoms with Gasteiger partial charge in [0, 0.05) is 18.7 Å². The first-order chi connectivity index (χ1) is 12.1. The minimum atomic E-state index is -0.0921. The Kier molecular flexibility index (Phi) is 7.02. The van der Waals surface area contributed by atoms with E-state index < -0.39 is 0 Å². The van der Waals surface area contributed by atoms with Gasteiger partial charge >= 0.3 is 0 Å². The summed E-state index contributed by atoms with van der Waals surface area (Å²) in [5, 5.41) is 2.96. The Morgan fingerprint density at radius 1 is 1.04 bits per heavy atom. The molecule has 0 bridgehead atoms. The molecule has 1 N–H and O–H groups in total. The van der Waals surface area contributed by atoms with E-state index in [2.05, 4.69) is 48.3 Å². The highest BCUT2D eigenvalue weighted by molar-refractivity contribution is 5.94. The fourth-order valence-electron chi connectivity index (χ4n) is 2.71. The van der Waals surface area contributed by atoms with Gasteiger partial charge in [-0.2, -0.15) is 0 Å². The fraction of sp³-hybridized carbons (Fsp3) is 0.381. The molecule has 1 amide bonds. The van der Waals surface area contributed by atoms with E-state index in [1.165, 1.54) is 5.56 Å². The summed E-state index contributed by atoms with van der Waals surface area (Å²) in [7, 11) is 1.61. The van der Waals surface area contributed by atoms with Crippen molar-refractivity contribution in [1.29, 1.82) is 0 Å². The van der Waals surface area contributed by atoms with E-state index >= 15 is 0 Å². The molecule has 2 rings (SSSR count). The summed E-state index contributed by atoms with van der Waals surface area (Å²) in [5.41, 5.74) is 4.02. The Bertz CT molecular complexity index is 692. The quantitative estimate of drug-likeness (QED) is 0.795. The van der Waals surface area contributed by atoms with Crippen LogP contribution in [0.4, 0.5) is 0 Å². The highest BCUT2D eigenvalue weighted by Crippen LogP contribution is 2.19. The molecule has 0 aliphatic rings. The maximum absolute atomic E-state index is 12.3. The van der Waals surface area contributed by atoms with Crippen LogP contribution in [0.1, 0.15) is 40.9 Å². The van der Waals surface area contributed by atoms with Crippen LogP contribution in [0, 0.1) is 6.92 Å². The molecule has 0 saturated heterocycles. The fourth-order valence-corrected chi connectivity index (χ4v) is 2.71.